The molecule has 0 rings (SSSR count). The van der Waals surface area contributed by atoms with Gasteiger partial charge in [0.15, 0.2) is 0 Å². The smallest absolute Gasteiger partial charge is 0.390 e. The lowest BCUT2D eigenvalue weighted by Crippen LogP contribution is -2.51. The highest BCUT2D eigenvalue weighted by molar-refractivity contribution is 7.47. The van der Waals surface area contributed by atoms with Crippen molar-refractivity contribution in [3.63, 3.8) is 0 Å². The topological polar surface area (TPSA) is 125 Å². The molecule has 0 saturated heterocycles. The molecule has 0 aromatic carbocycles. The second-order valence-electron chi connectivity index (χ2n) is 22.2. The summed E-state index contributed by atoms with van der Waals surface area (Å²) in [6.07, 6.45) is 74.0. The molecule has 0 heterocycles. The second kappa shape index (κ2) is 55.0. The van der Waals surface area contributed by atoms with E-state index in [-0.39, 0.29) is 12.5 Å². The van der Waals surface area contributed by atoms with Crippen molar-refractivity contribution in [2.45, 2.75) is 283 Å². The Kier molecular flexibility index (Phi) is 53.2. The Morgan fingerprint density at radius 3 is 1.21 bits per heavy atom. The highest BCUT2D eigenvalue weighted by Crippen LogP contribution is 2.43. The van der Waals surface area contributed by atoms with Crippen molar-refractivity contribution in [2.75, 3.05) is 40.9 Å². The molecule has 436 valence electrons. The number of aliphatic hydroxyl groups excluding tert-OH is 2. The summed E-state index contributed by atoms with van der Waals surface area (Å²) < 4.78 is 23.6. The summed E-state index contributed by atoms with van der Waals surface area (Å²) in [7, 11) is 1.44. The van der Waals surface area contributed by atoms with Crippen LogP contribution in [0.15, 0.2) is 85.1 Å². The van der Waals surface area contributed by atoms with E-state index in [0.29, 0.717) is 23.9 Å². The van der Waals surface area contributed by atoms with Gasteiger partial charge in [-0.1, -0.05) is 272 Å². The molecule has 4 atom stereocenters. The number of phosphoric ester groups is 1. The van der Waals surface area contributed by atoms with Crippen molar-refractivity contribution in [1.29, 1.82) is 0 Å². The summed E-state index contributed by atoms with van der Waals surface area (Å²) in [4.78, 5) is 23.3. The Labute approximate surface area is 463 Å². The zero-order valence-corrected chi connectivity index (χ0v) is 50.3. The third-order valence-electron chi connectivity index (χ3n) is 13.8. The molecule has 0 aromatic rings. The van der Waals surface area contributed by atoms with E-state index < -0.39 is 32.7 Å². The zero-order chi connectivity index (χ0) is 55.0. The fourth-order valence-corrected chi connectivity index (χ4v) is 9.63. The van der Waals surface area contributed by atoms with Crippen molar-refractivity contribution in [2.24, 2.45) is 0 Å². The number of unbranched alkanes of at least 4 members (excludes halogenated alkanes) is 28. The minimum absolute atomic E-state index is 0.0206. The van der Waals surface area contributed by atoms with E-state index >= 15 is 0 Å². The van der Waals surface area contributed by atoms with Crippen LogP contribution >= 0.6 is 7.82 Å². The Balaban J connectivity index is 4.02. The predicted molar refractivity (Wildman–Crippen MR) is 324 cm³/mol. The van der Waals surface area contributed by atoms with Crippen molar-refractivity contribution < 1.29 is 38.0 Å². The van der Waals surface area contributed by atoms with E-state index in [1.165, 1.54) is 154 Å². The number of quaternary nitrogens is 1. The van der Waals surface area contributed by atoms with Gasteiger partial charge in [0.2, 0.25) is 5.91 Å². The lowest BCUT2D eigenvalue weighted by molar-refractivity contribution is -0.870. The summed E-state index contributed by atoms with van der Waals surface area (Å²) in [6.45, 7) is 4.50. The number of nitrogens with zero attached hydrogens (tertiary/aromatic N) is 1. The van der Waals surface area contributed by atoms with Gasteiger partial charge < -0.3 is 24.9 Å². The van der Waals surface area contributed by atoms with Gasteiger partial charge in [-0.3, -0.25) is 13.8 Å². The van der Waals surface area contributed by atoms with Gasteiger partial charge in [0, 0.05) is 6.42 Å². The van der Waals surface area contributed by atoms with E-state index in [9.17, 15) is 24.5 Å². The first kappa shape index (κ1) is 72.6. The van der Waals surface area contributed by atoms with Crippen LogP contribution < -0.4 is 5.32 Å². The summed E-state index contributed by atoms with van der Waals surface area (Å²) in [5.74, 6) is -0.258. The number of carbonyl (C=O) groups is 1. The van der Waals surface area contributed by atoms with Crippen LogP contribution in [0.3, 0.4) is 0 Å². The number of phosphoric acid groups is 1. The molecule has 9 nitrogen and oxygen atoms in total. The molecule has 0 fully saturated rings. The van der Waals surface area contributed by atoms with Crippen LogP contribution in [-0.2, 0) is 18.4 Å². The van der Waals surface area contributed by atoms with Crippen LogP contribution in [0.5, 0.6) is 0 Å². The highest BCUT2D eigenvalue weighted by atomic mass is 31.2. The minimum atomic E-state index is -4.42. The Hall–Kier alpha value is -2.36. The molecule has 0 aliphatic carbocycles. The van der Waals surface area contributed by atoms with Crippen molar-refractivity contribution in [1.82, 2.24) is 5.32 Å². The monoisotopic (exact) mass is 1070 g/mol. The van der Waals surface area contributed by atoms with Gasteiger partial charge >= 0.3 is 7.82 Å². The first-order chi connectivity index (χ1) is 36.4. The van der Waals surface area contributed by atoms with Crippen LogP contribution in [0.2, 0.25) is 0 Å². The van der Waals surface area contributed by atoms with E-state index in [0.717, 1.165) is 83.5 Å². The molecular weight excluding hydrogens is 952 g/mol. The first-order valence-electron chi connectivity index (χ1n) is 31.0. The normalized spacial score (nSPS) is 14.8. The number of nitrogens with one attached hydrogen (secondary N) is 1. The number of amides is 1. The Morgan fingerprint density at radius 2 is 0.827 bits per heavy atom. The second-order valence-corrected chi connectivity index (χ2v) is 23.6. The van der Waals surface area contributed by atoms with E-state index in [1.807, 2.05) is 21.1 Å². The standard InChI is InChI=1S/C65H119N2O7P/c1-6-8-10-12-14-16-18-20-21-22-23-24-25-26-27-28-29-30-31-32-33-34-35-36-37-38-39-40-41-42-43-44-45-46-48-50-52-54-56-58-64(69)66-62(61-74-75(71,72)73-60-59-67(3,4)5)65(70)63(68)57-55-53-51-49-47-19-17-15-13-11-9-7-2/h8,10,14,16,20-21,23-24,26-27,29-30,32-33,62-63,65,68,70H,6-7,9,11-13,15,17-19,22,25,28,31,34-61H2,1-5H3,(H-,66,69,71,72)/p+1/b10-8-,16-14-,21-20-,24-23-,27-26-,30-29-,33-32-. The van der Waals surface area contributed by atoms with Gasteiger partial charge in [-0.25, -0.2) is 4.57 Å². The SMILES string of the molecule is CC/C=C\C/C=C\C/C=C\C/C=C\C/C=C\C/C=C\C/C=C\CCCCCCCCCCCCCCCCCCCC(=O)NC(COP(=O)(O)OCC[N+](C)(C)C)C(O)C(O)CCCCCCCCCCCCCC. The first-order valence-corrected chi connectivity index (χ1v) is 32.5. The number of allylic oxidation sites excluding steroid dienone is 14. The van der Waals surface area contributed by atoms with Gasteiger partial charge in [0.25, 0.3) is 0 Å². The van der Waals surface area contributed by atoms with Gasteiger partial charge in [-0.2, -0.15) is 0 Å². The fourth-order valence-electron chi connectivity index (χ4n) is 8.89. The van der Waals surface area contributed by atoms with Crippen molar-refractivity contribution in [3.8, 4) is 0 Å². The average Bonchev–Trinajstić information content (AvgIpc) is 3.37. The number of rotatable bonds is 56. The van der Waals surface area contributed by atoms with Gasteiger partial charge in [-0.05, 0) is 70.6 Å². The Morgan fingerprint density at radius 1 is 0.480 bits per heavy atom. The number of carbonyl (C=O) groups excluding carboxylic acids is 1. The molecular formula is C65H120N2O7P+. The third kappa shape index (κ3) is 56.2. The number of aliphatic hydroxyl groups is 2. The van der Waals surface area contributed by atoms with Crippen LogP contribution in [0.4, 0.5) is 0 Å². The van der Waals surface area contributed by atoms with Crippen LogP contribution in [0.1, 0.15) is 264 Å². The molecule has 4 unspecified atom stereocenters. The van der Waals surface area contributed by atoms with Crippen molar-refractivity contribution >= 4 is 13.7 Å². The predicted octanol–water partition coefficient (Wildman–Crippen LogP) is 18.2. The molecule has 0 saturated carbocycles. The molecule has 10 heteroatoms. The van der Waals surface area contributed by atoms with Gasteiger partial charge in [0.1, 0.15) is 19.3 Å². The van der Waals surface area contributed by atoms with Crippen molar-refractivity contribution in [3.05, 3.63) is 85.1 Å². The molecule has 0 aliphatic rings. The molecule has 0 bridgehead atoms. The molecule has 4 N–H and O–H groups in total. The summed E-state index contributed by atoms with van der Waals surface area (Å²) >= 11 is 0. The van der Waals surface area contributed by atoms with Crippen LogP contribution in [0, 0.1) is 0 Å². The molecule has 75 heavy (non-hydrogen) atoms. The van der Waals surface area contributed by atoms with E-state index in [4.69, 9.17) is 9.05 Å². The summed E-state index contributed by atoms with van der Waals surface area (Å²) in [5, 5.41) is 24.8. The van der Waals surface area contributed by atoms with E-state index in [1.54, 1.807) is 0 Å². The Bertz CT molecular complexity index is 1510. The number of hydrogen-bond acceptors (Lipinski definition) is 6. The summed E-state index contributed by atoms with van der Waals surface area (Å²) in [5.41, 5.74) is 0. The third-order valence-corrected chi connectivity index (χ3v) is 14.7. The van der Waals surface area contributed by atoms with Gasteiger partial charge in [-0.15, -0.1) is 0 Å². The quantitative estimate of drug-likeness (QED) is 0.0207. The lowest BCUT2D eigenvalue weighted by atomic mass is 9.99. The maximum Gasteiger partial charge on any atom is 0.472 e. The summed E-state index contributed by atoms with van der Waals surface area (Å²) in [6, 6.07) is -1.04. The number of likely N-dealkylation sites (N-methyl/N-ethyl adjacent to an activating group) is 1. The molecule has 0 aromatic heterocycles. The van der Waals surface area contributed by atoms with Gasteiger partial charge in [0.05, 0.1) is 39.9 Å². The average molecular weight is 1070 g/mol. The zero-order valence-electron chi connectivity index (χ0n) is 49.4. The molecule has 0 radical (unpaired) electrons. The molecule has 0 spiro atoms. The highest BCUT2D eigenvalue weighted by Gasteiger charge is 2.32. The largest absolute Gasteiger partial charge is 0.472 e. The molecule has 0 aliphatic heterocycles. The lowest BCUT2D eigenvalue weighted by Gasteiger charge is -2.28. The number of hydrogen-bond donors (Lipinski definition) is 4. The van der Waals surface area contributed by atoms with Crippen LogP contribution in [-0.4, -0.2) is 84.6 Å². The fraction of sp³-hybridized carbons (Fsp3) is 0.769. The van der Waals surface area contributed by atoms with E-state index in [2.05, 4.69) is 104 Å². The minimum Gasteiger partial charge on any atom is -0.390 e. The van der Waals surface area contributed by atoms with Crippen LogP contribution in [0.25, 0.3) is 0 Å². The molecule has 1 amide bonds. The maximum atomic E-state index is 13.0. The maximum absolute atomic E-state index is 13.0.